The number of hydrogen-bond donors (Lipinski definition) is 1. The number of nitrogens with two attached hydrogens (primary N) is 1. The Morgan fingerprint density at radius 3 is 2.90 bits per heavy atom. The highest BCUT2D eigenvalue weighted by molar-refractivity contribution is 5.92. The lowest BCUT2D eigenvalue weighted by molar-refractivity contribution is -0.151. The molecule has 3 atom stereocenters. The van der Waals surface area contributed by atoms with Gasteiger partial charge < -0.3 is 25.0 Å². The SMILES string of the molecule is CN(C)C(=O)c1cc2n(n1)CCCN(c1nc(OCC34CCCN3C[C@H](F)C4)nc3c1COC1(C3)c3c(ccc(N)c3C#N)C3CC1C3)C2. The van der Waals surface area contributed by atoms with Crippen molar-refractivity contribution in [3.63, 3.8) is 0 Å². The zero-order chi connectivity index (χ0) is 33.7. The standard InChI is InChI=1S/C36H42FN9O3/c1-43(2)33(47)29-13-24-18-44(8-4-10-46(24)42-29)32-27-19-49-36(22-11-21(12-22)25-5-6-28(39)26(16-38)31(25)36)15-30(27)40-34(41-32)48-20-35-7-3-9-45(35)17-23(37)14-35/h5-6,13,21-23H,3-4,7-12,14-15,17-20,39H2,1-2H3/t21?,22?,23-,35?,36?/m1/s1. The molecule has 1 saturated carbocycles. The van der Waals surface area contributed by atoms with Crippen LogP contribution < -0.4 is 15.4 Å². The van der Waals surface area contributed by atoms with E-state index in [2.05, 4.69) is 27.0 Å². The number of fused-ring (bicyclic) bond motifs is 3. The van der Waals surface area contributed by atoms with Crippen molar-refractivity contribution in [1.82, 2.24) is 29.5 Å². The number of aryl methyl sites for hydroxylation is 1. The highest BCUT2D eigenvalue weighted by Gasteiger charge is 2.58. The second kappa shape index (κ2) is 11.1. The van der Waals surface area contributed by atoms with Crippen LogP contribution in [0.4, 0.5) is 15.9 Å². The number of rotatable bonds is 5. The highest BCUT2D eigenvalue weighted by Crippen LogP contribution is 2.62. The second-order valence-electron chi connectivity index (χ2n) is 15.2. The molecule has 2 aromatic heterocycles. The van der Waals surface area contributed by atoms with Crippen molar-refractivity contribution in [1.29, 1.82) is 5.26 Å². The van der Waals surface area contributed by atoms with E-state index in [1.165, 1.54) is 4.90 Å². The van der Waals surface area contributed by atoms with E-state index in [0.29, 0.717) is 61.9 Å². The van der Waals surface area contributed by atoms with Gasteiger partial charge in [0.25, 0.3) is 5.91 Å². The number of benzene rings is 1. The number of anilines is 2. The highest BCUT2D eigenvalue weighted by atomic mass is 19.1. The average Bonchev–Trinajstić information content (AvgIpc) is 3.69. The van der Waals surface area contributed by atoms with Gasteiger partial charge in [-0.3, -0.25) is 14.4 Å². The number of nitriles is 1. The summed E-state index contributed by atoms with van der Waals surface area (Å²) in [5.74, 6) is 1.28. The minimum Gasteiger partial charge on any atom is -0.461 e. The Balaban J connectivity index is 1.12. The minimum atomic E-state index is -0.855. The van der Waals surface area contributed by atoms with Gasteiger partial charge in [-0.25, -0.2) is 4.39 Å². The molecule has 3 fully saturated rings. The maximum atomic E-state index is 14.6. The molecule has 0 radical (unpaired) electrons. The fourth-order valence-electron chi connectivity index (χ4n) is 9.67. The summed E-state index contributed by atoms with van der Waals surface area (Å²) in [7, 11) is 3.46. The van der Waals surface area contributed by atoms with Crippen LogP contribution in [-0.2, 0) is 36.5 Å². The average molecular weight is 668 g/mol. The number of hydrogen-bond acceptors (Lipinski definition) is 10. The van der Waals surface area contributed by atoms with Gasteiger partial charge in [-0.1, -0.05) is 6.07 Å². The lowest BCUT2D eigenvalue weighted by Gasteiger charge is -2.57. The summed E-state index contributed by atoms with van der Waals surface area (Å²) in [4.78, 5) is 28.9. The number of alkyl halides is 1. The molecule has 4 aliphatic heterocycles. The molecule has 13 heteroatoms. The molecule has 10 rings (SSSR count). The molecule has 3 aliphatic carbocycles. The lowest BCUT2D eigenvalue weighted by atomic mass is 9.53. The van der Waals surface area contributed by atoms with Crippen LogP contribution in [-0.4, -0.2) is 87.5 Å². The number of amides is 1. The topological polar surface area (TPSA) is 139 Å². The molecule has 6 heterocycles. The van der Waals surface area contributed by atoms with Gasteiger partial charge >= 0.3 is 6.01 Å². The fraction of sp³-hybridized carbons (Fsp3) is 0.583. The largest absolute Gasteiger partial charge is 0.461 e. The molecule has 2 saturated heterocycles. The van der Waals surface area contributed by atoms with Crippen LogP contribution in [0.5, 0.6) is 6.01 Å². The number of carbonyl (C=O) groups excluding carboxylic acids is 1. The first-order chi connectivity index (χ1) is 23.7. The Morgan fingerprint density at radius 1 is 1.22 bits per heavy atom. The zero-order valence-corrected chi connectivity index (χ0v) is 28.1. The van der Waals surface area contributed by atoms with Crippen LogP contribution >= 0.6 is 0 Å². The predicted octanol–water partition coefficient (Wildman–Crippen LogP) is 3.67. The predicted molar refractivity (Wildman–Crippen MR) is 178 cm³/mol. The maximum absolute atomic E-state index is 14.6. The summed E-state index contributed by atoms with van der Waals surface area (Å²) in [5.41, 5.74) is 11.5. The molecule has 2 bridgehead atoms. The molecule has 256 valence electrons. The van der Waals surface area contributed by atoms with Crippen LogP contribution in [0.25, 0.3) is 0 Å². The van der Waals surface area contributed by atoms with E-state index in [4.69, 9.17) is 25.2 Å². The lowest BCUT2D eigenvalue weighted by Crippen LogP contribution is -2.53. The molecule has 7 aliphatic rings. The van der Waals surface area contributed by atoms with E-state index in [-0.39, 0.29) is 30.0 Å². The number of nitrogen functional groups attached to an aromatic ring is 1. The van der Waals surface area contributed by atoms with Crippen molar-refractivity contribution in [2.75, 3.05) is 51.0 Å². The summed E-state index contributed by atoms with van der Waals surface area (Å²) in [6.45, 7) is 3.86. The normalized spacial score (nSPS) is 29.7. The Morgan fingerprint density at radius 2 is 2.08 bits per heavy atom. The Bertz CT molecular complexity index is 1900. The van der Waals surface area contributed by atoms with E-state index >= 15 is 0 Å². The summed E-state index contributed by atoms with van der Waals surface area (Å²) < 4.78 is 30.1. The first kappa shape index (κ1) is 30.8. The summed E-state index contributed by atoms with van der Waals surface area (Å²) in [6, 6.07) is 8.49. The third-order valence-corrected chi connectivity index (χ3v) is 12.2. The van der Waals surface area contributed by atoms with Crippen LogP contribution in [0.2, 0.25) is 0 Å². The van der Waals surface area contributed by atoms with Crippen LogP contribution in [0.3, 0.4) is 0 Å². The first-order valence-corrected chi connectivity index (χ1v) is 17.6. The number of ether oxygens (including phenoxy) is 2. The molecule has 1 aromatic carbocycles. The van der Waals surface area contributed by atoms with Gasteiger partial charge in [0, 0.05) is 63.4 Å². The monoisotopic (exact) mass is 667 g/mol. The van der Waals surface area contributed by atoms with Crippen molar-refractivity contribution in [3.8, 4) is 12.1 Å². The molecule has 49 heavy (non-hydrogen) atoms. The number of aromatic nitrogens is 4. The van der Waals surface area contributed by atoms with Crippen molar-refractivity contribution in [3.05, 3.63) is 57.5 Å². The quantitative estimate of drug-likeness (QED) is 0.401. The van der Waals surface area contributed by atoms with Gasteiger partial charge in [0.05, 0.1) is 35.6 Å². The Kier molecular flexibility index (Phi) is 6.98. The van der Waals surface area contributed by atoms with Gasteiger partial charge in [0.1, 0.15) is 30.3 Å². The Labute approximate surface area is 285 Å². The van der Waals surface area contributed by atoms with E-state index in [0.717, 1.165) is 79.1 Å². The van der Waals surface area contributed by atoms with Gasteiger partial charge in [-0.2, -0.15) is 20.3 Å². The van der Waals surface area contributed by atoms with E-state index in [1.807, 2.05) is 16.8 Å². The fourth-order valence-corrected chi connectivity index (χ4v) is 9.67. The minimum absolute atomic E-state index is 0.132. The zero-order valence-electron chi connectivity index (χ0n) is 28.1. The van der Waals surface area contributed by atoms with Crippen molar-refractivity contribution < 1.29 is 18.7 Å². The summed E-state index contributed by atoms with van der Waals surface area (Å²) >= 11 is 0. The maximum Gasteiger partial charge on any atom is 0.318 e. The smallest absolute Gasteiger partial charge is 0.318 e. The molecule has 2 unspecified atom stereocenters. The van der Waals surface area contributed by atoms with Gasteiger partial charge in [-0.05, 0) is 68.2 Å². The van der Waals surface area contributed by atoms with Crippen LogP contribution in [0.1, 0.15) is 88.6 Å². The summed E-state index contributed by atoms with van der Waals surface area (Å²) in [6.07, 6.45) is 4.82. The molecular weight excluding hydrogens is 625 g/mol. The number of nitrogens with zero attached hydrogens (tertiary/aromatic N) is 8. The molecule has 12 nitrogen and oxygen atoms in total. The van der Waals surface area contributed by atoms with Crippen molar-refractivity contribution in [2.45, 2.75) is 87.9 Å². The molecule has 1 amide bonds. The molecule has 3 aromatic rings. The van der Waals surface area contributed by atoms with E-state index in [9.17, 15) is 14.4 Å². The van der Waals surface area contributed by atoms with Crippen LogP contribution in [0, 0.1) is 17.2 Å². The molecule has 1 spiro atoms. The van der Waals surface area contributed by atoms with Crippen molar-refractivity contribution >= 4 is 17.4 Å². The third kappa shape index (κ3) is 4.66. The second-order valence-corrected chi connectivity index (χ2v) is 15.2. The van der Waals surface area contributed by atoms with Gasteiger partial charge in [0.2, 0.25) is 0 Å². The van der Waals surface area contributed by atoms with E-state index < -0.39 is 11.8 Å². The van der Waals surface area contributed by atoms with E-state index in [1.54, 1.807) is 14.1 Å². The van der Waals surface area contributed by atoms with Crippen LogP contribution in [0.15, 0.2) is 18.2 Å². The Hall–Kier alpha value is -4.28. The van der Waals surface area contributed by atoms with Gasteiger partial charge in [0.15, 0.2) is 5.69 Å². The molecule has 2 N–H and O–H groups in total. The number of carbonyl (C=O) groups is 1. The summed E-state index contributed by atoms with van der Waals surface area (Å²) in [5, 5.41) is 14.9. The van der Waals surface area contributed by atoms with Crippen molar-refractivity contribution in [2.24, 2.45) is 5.92 Å². The third-order valence-electron chi connectivity index (χ3n) is 12.2. The first-order valence-electron chi connectivity index (χ1n) is 17.6. The number of halogens is 1. The molecular formula is C36H42FN9O3. The van der Waals surface area contributed by atoms with Gasteiger partial charge in [-0.15, -0.1) is 0 Å².